The van der Waals surface area contributed by atoms with Crippen LogP contribution < -0.4 is 0 Å². The molecule has 0 bridgehead atoms. The van der Waals surface area contributed by atoms with Crippen LogP contribution in [0.15, 0.2) is 72.8 Å². The van der Waals surface area contributed by atoms with Crippen molar-refractivity contribution in [3.05, 3.63) is 83.9 Å². The maximum atomic E-state index is 11.3. The van der Waals surface area contributed by atoms with Gasteiger partial charge in [0.05, 0.1) is 5.41 Å². The molecule has 2 aromatic rings. The standard InChI is InChI=1S/C22H27NO2/c1-18(14-15-22(2,3)21(24)25)23(16-19-10-6-4-7-11-19)17-20-12-8-5-9-13-20/h4-15,18H,16-17H2,1-3H3,(H,24,25). The average Bonchev–Trinajstić information content (AvgIpc) is 2.61. The van der Waals surface area contributed by atoms with Crippen molar-refractivity contribution in [2.75, 3.05) is 0 Å². The van der Waals surface area contributed by atoms with Crippen LogP contribution in [0.5, 0.6) is 0 Å². The zero-order valence-corrected chi connectivity index (χ0v) is 15.2. The van der Waals surface area contributed by atoms with E-state index in [0.717, 1.165) is 13.1 Å². The highest BCUT2D eigenvalue weighted by molar-refractivity contribution is 5.75. The van der Waals surface area contributed by atoms with Crippen LogP contribution in [-0.2, 0) is 17.9 Å². The molecular weight excluding hydrogens is 310 g/mol. The minimum absolute atomic E-state index is 0.124. The fourth-order valence-corrected chi connectivity index (χ4v) is 2.55. The first-order valence-corrected chi connectivity index (χ1v) is 8.63. The molecule has 132 valence electrons. The molecule has 0 aliphatic heterocycles. The van der Waals surface area contributed by atoms with E-state index in [1.165, 1.54) is 11.1 Å². The number of nitrogens with zero attached hydrogens (tertiary/aromatic N) is 1. The minimum Gasteiger partial charge on any atom is -0.481 e. The van der Waals surface area contributed by atoms with Gasteiger partial charge < -0.3 is 5.11 Å². The Hall–Kier alpha value is -2.39. The number of aliphatic carboxylic acids is 1. The van der Waals surface area contributed by atoms with Gasteiger partial charge in [-0.3, -0.25) is 9.69 Å². The molecule has 2 rings (SSSR count). The molecule has 0 fully saturated rings. The van der Waals surface area contributed by atoms with Crippen molar-refractivity contribution in [2.45, 2.75) is 39.9 Å². The molecule has 0 heterocycles. The monoisotopic (exact) mass is 337 g/mol. The molecule has 1 N–H and O–H groups in total. The van der Waals surface area contributed by atoms with Crippen molar-refractivity contribution in [1.82, 2.24) is 4.90 Å². The summed E-state index contributed by atoms with van der Waals surface area (Å²) in [5.74, 6) is -0.811. The Morgan fingerprint density at radius 3 is 1.84 bits per heavy atom. The summed E-state index contributed by atoms with van der Waals surface area (Å²) in [5, 5.41) is 9.30. The van der Waals surface area contributed by atoms with Crippen LogP contribution in [0.25, 0.3) is 0 Å². The van der Waals surface area contributed by atoms with E-state index in [2.05, 4.69) is 36.1 Å². The van der Waals surface area contributed by atoms with Crippen molar-refractivity contribution in [3.63, 3.8) is 0 Å². The lowest BCUT2D eigenvalue weighted by Crippen LogP contribution is -2.31. The third-order valence-corrected chi connectivity index (χ3v) is 4.38. The third-order valence-electron chi connectivity index (χ3n) is 4.38. The Balaban J connectivity index is 2.18. The maximum absolute atomic E-state index is 11.3. The van der Waals surface area contributed by atoms with E-state index >= 15 is 0 Å². The summed E-state index contributed by atoms with van der Waals surface area (Å²) < 4.78 is 0. The lowest BCUT2D eigenvalue weighted by molar-refractivity contribution is -0.144. The number of hydrogen-bond acceptors (Lipinski definition) is 2. The number of carboxylic acids is 1. The summed E-state index contributed by atoms with van der Waals surface area (Å²) in [5.41, 5.74) is 1.63. The first kappa shape index (κ1) is 18.9. The Kier molecular flexibility index (Phi) is 6.54. The van der Waals surface area contributed by atoms with Gasteiger partial charge >= 0.3 is 5.97 Å². The Morgan fingerprint density at radius 2 is 1.44 bits per heavy atom. The van der Waals surface area contributed by atoms with Gasteiger partial charge in [-0.1, -0.05) is 72.8 Å². The van der Waals surface area contributed by atoms with E-state index in [1.807, 2.05) is 42.5 Å². The molecule has 3 heteroatoms. The SMILES string of the molecule is CC(C=CC(C)(C)C(=O)O)N(Cc1ccccc1)Cc1ccccc1. The van der Waals surface area contributed by atoms with E-state index in [1.54, 1.807) is 19.9 Å². The summed E-state index contributed by atoms with van der Waals surface area (Å²) in [7, 11) is 0. The Bertz CT molecular complexity index is 651. The molecule has 0 saturated carbocycles. The summed E-state index contributed by atoms with van der Waals surface area (Å²) in [6.45, 7) is 7.18. The molecule has 1 unspecified atom stereocenters. The lowest BCUT2D eigenvalue weighted by Gasteiger charge is -2.28. The predicted molar refractivity (Wildman–Crippen MR) is 102 cm³/mol. The number of carboxylic acid groups (broad SMARTS) is 1. The molecule has 1 atom stereocenters. The average molecular weight is 337 g/mol. The summed E-state index contributed by atoms with van der Waals surface area (Å²) in [4.78, 5) is 13.7. The van der Waals surface area contributed by atoms with Gasteiger partial charge in [0.25, 0.3) is 0 Å². The Morgan fingerprint density at radius 1 is 1.00 bits per heavy atom. The highest BCUT2D eigenvalue weighted by Crippen LogP contribution is 2.20. The largest absolute Gasteiger partial charge is 0.481 e. The number of benzene rings is 2. The first-order valence-electron chi connectivity index (χ1n) is 8.63. The maximum Gasteiger partial charge on any atom is 0.312 e. The van der Waals surface area contributed by atoms with Gasteiger partial charge in [0, 0.05) is 19.1 Å². The first-order chi connectivity index (χ1) is 11.9. The zero-order chi connectivity index (χ0) is 18.3. The van der Waals surface area contributed by atoms with Crippen LogP contribution in [0.3, 0.4) is 0 Å². The van der Waals surface area contributed by atoms with Crippen LogP contribution in [0.1, 0.15) is 31.9 Å². The molecule has 0 amide bonds. The second-order valence-corrected chi connectivity index (χ2v) is 7.00. The van der Waals surface area contributed by atoms with Gasteiger partial charge in [-0.25, -0.2) is 0 Å². The van der Waals surface area contributed by atoms with Gasteiger partial charge in [0.2, 0.25) is 0 Å². The smallest absolute Gasteiger partial charge is 0.312 e. The molecule has 25 heavy (non-hydrogen) atoms. The van der Waals surface area contributed by atoms with E-state index < -0.39 is 11.4 Å². The number of carbonyl (C=O) groups is 1. The van der Waals surface area contributed by atoms with Crippen molar-refractivity contribution in [3.8, 4) is 0 Å². The molecule has 0 aliphatic rings. The topological polar surface area (TPSA) is 40.5 Å². The third kappa shape index (κ3) is 5.87. The van der Waals surface area contributed by atoms with E-state index in [0.29, 0.717) is 0 Å². The van der Waals surface area contributed by atoms with E-state index in [4.69, 9.17) is 0 Å². The second kappa shape index (κ2) is 8.63. The molecule has 0 radical (unpaired) electrons. The molecule has 0 aliphatic carbocycles. The highest BCUT2D eigenvalue weighted by Gasteiger charge is 2.24. The van der Waals surface area contributed by atoms with Gasteiger partial charge in [0.1, 0.15) is 0 Å². The number of hydrogen-bond donors (Lipinski definition) is 1. The quantitative estimate of drug-likeness (QED) is 0.707. The summed E-state index contributed by atoms with van der Waals surface area (Å²) in [6, 6.07) is 20.8. The second-order valence-electron chi connectivity index (χ2n) is 7.00. The van der Waals surface area contributed by atoms with Crippen molar-refractivity contribution in [2.24, 2.45) is 5.41 Å². The number of rotatable bonds is 8. The summed E-state index contributed by atoms with van der Waals surface area (Å²) in [6.07, 6.45) is 3.79. The molecule has 2 aromatic carbocycles. The predicted octanol–water partition coefficient (Wildman–Crippen LogP) is 4.74. The normalized spacial score (nSPS) is 13.3. The van der Waals surface area contributed by atoms with Crippen LogP contribution in [0.2, 0.25) is 0 Å². The van der Waals surface area contributed by atoms with Gasteiger partial charge in [-0.05, 0) is 31.9 Å². The van der Waals surface area contributed by atoms with Gasteiger partial charge in [-0.15, -0.1) is 0 Å². The molecular formula is C22H27NO2. The van der Waals surface area contributed by atoms with Gasteiger partial charge in [0.15, 0.2) is 0 Å². The Labute approximate surface area is 150 Å². The summed E-state index contributed by atoms with van der Waals surface area (Å²) >= 11 is 0. The molecule has 3 nitrogen and oxygen atoms in total. The van der Waals surface area contributed by atoms with Crippen LogP contribution in [-0.4, -0.2) is 22.0 Å². The van der Waals surface area contributed by atoms with E-state index in [9.17, 15) is 9.90 Å². The fraction of sp³-hybridized carbons (Fsp3) is 0.318. The fourth-order valence-electron chi connectivity index (χ4n) is 2.55. The molecule has 0 saturated heterocycles. The van der Waals surface area contributed by atoms with Crippen LogP contribution >= 0.6 is 0 Å². The van der Waals surface area contributed by atoms with E-state index in [-0.39, 0.29) is 6.04 Å². The highest BCUT2D eigenvalue weighted by atomic mass is 16.4. The molecule has 0 aromatic heterocycles. The van der Waals surface area contributed by atoms with Crippen LogP contribution in [0, 0.1) is 5.41 Å². The minimum atomic E-state index is -0.862. The van der Waals surface area contributed by atoms with Crippen molar-refractivity contribution in [1.29, 1.82) is 0 Å². The lowest BCUT2D eigenvalue weighted by atomic mass is 9.92. The van der Waals surface area contributed by atoms with Crippen molar-refractivity contribution >= 4 is 5.97 Å². The van der Waals surface area contributed by atoms with Crippen molar-refractivity contribution < 1.29 is 9.90 Å². The molecule has 0 spiro atoms. The van der Waals surface area contributed by atoms with Gasteiger partial charge in [-0.2, -0.15) is 0 Å². The van der Waals surface area contributed by atoms with Crippen LogP contribution in [0.4, 0.5) is 0 Å². The zero-order valence-electron chi connectivity index (χ0n) is 15.2.